The minimum atomic E-state index is -0.155. The average molecular weight is 525 g/mol. The summed E-state index contributed by atoms with van der Waals surface area (Å²) < 4.78 is 0. The van der Waals surface area contributed by atoms with Gasteiger partial charge in [0.15, 0.2) is 0 Å². The van der Waals surface area contributed by atoms with Crippen molar-refractivity contribution in [2.45, 2.75) is 35.2 Å². The molecule has 0 aliphatic carbocycles. The Morgan fingerprint density at radius 1 is 1.23 bits per heavy atom. The number of pyridine rings is 1. The van der Waals surface area contributed by atoms with Crippen molar-refractivity contribution < 1.29 is 9.59 Å². The first kappa shape index (κ1) is 25.5. The van der Waals surface area contributed by atoms with Crippen LogP contribution in [0.1, 0.15) is 50.2 Å². The summed E-state index contributed by atoms with van der Waals surface area (Å²) in [6.07, 6.45) is 7.22. The van der Waals surface area contributed by atoms with Crippen molar-refractivity contribution in [2.75, 3.05) is 25.1 Å². The number of thioether (sulfide) groups is 2. The molecule has 3 aromatic rings. The average Bonchev–Trinajstić information content (AvgIpc) is 3.41. The van der Waals surface area contributed by atoms with E-state index in [9.17, 15) is 9.59 Å². The lowest BCUT2D eigenvalue weighted by Crippen LogP contribution is -2.38. The molecule has 1 aromatic carbocycles. The van der Waals surface area contributed by atoms with Gasteiger partial charge in [0.05, 0.1) is 10.6 Å². The van der Waals surface area contributed by atoms with Gasteiger partial charge in [-0.15, -0.1) is 41.4 Å². The lowest BCUT2D eigenvalue weighted by Gasteiger charge is -2.31. The number of thiazole rings is 1. The molecule has 0 unspecified atom stereocenters. The van der Waals surface area contributed by atoms with Crippen molar-refractivity contribution in [3.8, 4) is 0 Å². The molecule has 35 heavy (non-hydrogen) atoms. The number of hydrogen-bond acceptors (Lipinski definition) is 7. The number of rotatable bonds is 9. The van der Waals surface area contributed by atoms with Crippen LogP contribution in [0.4, 0.5) is 0 Å². The number of aromatic nitrogens is 2. The Hall–Kier alpha value is -2.62. The zero-order chi connectivity index (χ0) is 24.6. The highest BCUT2D eigenvalue weighted by atomic mass is 32.2. The molecule has 9 heteroatoms. The minimum Gasteiger partial charge on any atom is -0.347 e. The second-order valence-electron chi connectivity index (χ2n) is 8.09. The molecule has 4 rings (SSSR count). The number of nitrogens with one attached hydrogen (secondary N) is 1. The molecule has 1 saturated heterocycles. The second kappa shape index (κ2) is 12.4. The van der Waals surface area contributed by atoms with Crippen LogP contribution < -0.4 is 5.32 Å². The van der Waals surface area contributed by atoms with Crippen molar-refractivity contribution in [3.05, 3.63) is 82.5 Å². The van der Waals surface area contributed by atoms with Gasteiger partial charge in [0.1, 0.15) is 10.7 Å². The van der Waals surface area contributed by atoms with Crippen LogP contribution in [0, 0.1) is 0 Å². The Kier molecular flexibility index (Phi) is 9.01. The molecule has 2 amide bonds. The first-order valence-electron chi connectivity index (χ1n) is 11.4. The minimum absolute atomic E-state index is 0.0211. The predicted molar refractivity (Wildman–Crippen MR) is 145 cm³/mol. The van der Waals surface area contributed by atoms with E-state index in [-0.39, 0.29) is 17.7 Å². The predicted octanol–water partition coefficient (Wildman–Crippen LogP) is 5.49. The van der Waals surface area contributed by atoms with E-state index in [4.69, 9.17) is 0 Å². The van der Waals surface area contributed by atoms with E-state index in [0.717, 1.165) is 33.3 Å². The second-order valence-corrected chi connectivity index (χ2v) is 10.8. The monoisotopic (exact) mass is 524 g/mol. The SMILES string of the molecule is C=CCSc1ncccc1C(=O)N1CCC(c2nc(C(=O)NCc3ccccc3SC)cs2)CC1. The molecule has 3 heterocycles. The largest absolute Gasteiger partial charge is 0.347 e. The third kappa shape index (κ3) is 6.34. The van der Waals surface area contributed by atoms with Gasteiger partial charge in [0, 0.05) is 47.8 Å². The van der Waals surface area contributed by atoms with Crippen molar-refractivity contribution >= 4 is 46.7 Å². The summed E-state index contributed by atoms with van der Waals surface area (Å²) in [5.74, 6) is 0.833. The van der Waals surface area contributed by atoms with E-state index in [2.05, 4.69) is 27.9 Å². The first-order valence-corrected chi connectivity index (χ1v) is 14.5. The maximum absolute atomic E-state index is 13.1. The Balaban J connectivity index is 1.33. The summed E-state index contributed by atoms with van der Waals surface area (Å²) in [4.78, 5) is 37.9. The number of benzene rings is 1. The highest BCUT2D eigenvalue weighted by molar-refractivity contribution is 7.99. The molecule has 6 nitrogen and oxygen atoms in total. The van der Waals surface area contributed by atoms with Crippen molar-refractivity contribution in [2.24, 2.45) is 0 Å². The van der Waals surface area contributed by atoms with Gasteiger partial charge in [-0.25, -0.2) is 9.97 Å². The van der Waals surface area contributed by atoms with Gasteiger partial charge in [-0.1, -0.05) is 24.3 Å². The first-order chi connectivity index (χ1) is 17.1. The van der Waals surface area contributed by atoms with E-state index in [0.29, 0.717) is 36.6 Å². The Morgan fingerprint density at radius 3 is 2.80 bits per heavy atom. The highest BCUT2D eigenvalue weighted by Crippen LogP contribution is 2.32. The fraction of sp³-hybridized carbons (Fsp3) is 0.308. The molecule has 182 valence electrons. The van der Waals surface area contributed by atoms with Crippen LogP contribution in [-0.4, -0.2) is 51.8 Å². The summed E-state index contributed by atoms with van der Waals surface area (Å²) in [5.41, 5.74) is 2.21. The van der Waals surface area contributed by atoms with Gasteiger partial charge in [-0.3, -0.25) is 9.59 Å². The summed E-state index contributed by atoms with van der Waals surface area (Å²) >= 11 is 4.72. The Morgan fingerprint density at radius 2 is 2.03 bits per heavy atom. The molecular formula is C26H28N4O2S3. The highest BCUT2D eigenvalue weighted by Gasteiger charge is 2.28. The molecule has 1 aliphatic rings. The molecular weight excluding hydrogens is 497 g/mol. The topological polar surface area (TPSA) is 75.2 Å². The van der Waals surface area contributed by atoms with Gasteiger partial charge in [0.2, 0.25) is 0 Å². The summed E-state index contributed by atoms with van der Waals surface area (Å²) in [6, 6.07) is 11.7. The number of piperidine rings is 1. The quantitative estimate of drug-likeness (QED) is 0.295. The molecule has 0 radical (unpaired) electrons. The van der Waals surface area contributed by atoms with Crippen LogP contribution >= 0.6 is 34.9 Å². The van der Waals surface area contributed by atoms with E-state index < -0.39 is 0 Å². The molecule has 0 bridgehead atoms. The smallest absolute Gasteiger partial charge is 0.271 e. The van der Waals surface area contributed by atoms with Crippen molar-refractivity contribution in [1.82, 2.24) is 20.2 Å². The number of likely N-dealkylation sites (tertiary alicyclic amines) is 1. The Labute approximate surface area is 218 Å². The standard InChI is InChI=1S/C26H28N4O2S3/c1-3-15-34-25-20(8-6-12-27-25)26(32)30-13-10-18(11-14-30)24-29-21(17-35-24)23(31)28-16-19-7-4-5-9-22(19)33-2/h3-9,12,17-18H,1,10-11,13-16H2,2H3,(H,28,31). The zero-order valence-corrected chi connectivity index (χ0v) is 22.1. The fourth-order valence-electron chi connectivity index (χ4n) is 4.00. The summed E-state index contributed by atoms with van der Waals surface area (Å²) in [7, 11) is 0. The molecule has 0 saturated carbocycles. The van der Waals surface area contributed by atoms with Gasteiger partial charge in [0.25, 0.3) is 11.8 Å². The normalized spacial score (nSPS) is 14.0. The van der Waals surface area contributed by atoms with Gasteiger partial charge >= 0.3 is 0 Å². The van der Waals surface area contributed by atoms with Crippen molar-refractivity contribution in [1.29, 1.82) is 0 Å². The number of hydrogen-bond donors (Lipinski definition) is 1. The third-order valence-electron chi connectivity index (χ3n) is 5.86. The van der Waals surface area contributed by atoms with E-state index in [1.54, 1.807) is 24.0 Å². The fourth-order valence-corrected chi connectivity index (χ4v) is 6.31. The number of carbonyl (C=O) groups excluding carboxylic acids is 2. The Bertz CT molecular complexity index is 1190. The van der Waals surface area contributed by atoms with Gasteiger partial charge in [-0.05, 0) is 42.9 Å². The van der Waals surface area contributed by atoms with Crippen molar-refractivity contribution in [3.63, 3.8) is 0 Å². The van der Waals surface area contributed by atoms with Gasteiger partial charge in [-0.2, -0.15) is 0 Å². The van der Waals surface area contributed by atoms with Crippen LogP contribution in [0.25, 0.3) is 0 Å². The summed E-state index contributed by atoms with van der Waals surface area (Å²) in [6.45, 7) is 5.55. The number of nitrogens with zero attached hydrogens (tertiary/aromatic N) is 3. The number of amides is 2. The molecule has 0 spiro atoms. The van der Waals surface area contributed by atoms with Crippen LogP contribution in [-0.2, 0) is 6.54 Å². The third-order valence-corrected chi connectivity index (χ3v) is 8.70. The molecule has 0 atom stereocenters. The lowest BCUT2D eigenvalue weighted by molar-refractivity contribution is 0.0708. The molecule has 1 N–H and O–H groups in total. The van der Waals surface area contributed by atoms with Crippen LogP contribution in [0.2, 0.25) is 0 Å². The van der Waals surface area contributed by atoms with Crippen LogP contribution in [0.3, 0.4) is 0 Å². The molecule has 2 aromatic heterocycles. The van der Waals surface area contributed by atoms with Gasteiger partial charge < -0.3 is 10.2 Å². The van der Waals surface area contributed by atoms with Crippen LogP contribution in [0.5, 0.6) is 0 Å². The zero-order valence-electron chi connectivity index (χ0n) is 19.6. The lowest BCUT2D eigenvalue weighted by atomic mass is 9.97. The van der Waals surface area contributed by atoms with Crippen LogP contribution in [0.15, 0.2) is 70.6 Å². The summed E-state index contributed by atoms with van der Waals surface area (Å²) in [5, 5.41) is 6.54. The number of carbonyl (C=O) groups is 2. The molecule has 1 fully saturated rings. The maximum Gasteiger partial charge on any atom is 0.271 e. The van der Waals surface area contributed by atoms with E-state index >= 15 is 0 Å². The molecule has 1 aliphatic heterocycles. The van der Waals surface area contributed by atoms with E-state index in [1.165, 1.54) is 23.1 Å². The maximum atomic E-state index is 13.1. The van der Waals surface area contributed by atoms with E-state index in [1.807, 2.05) is 46.9 Å².